The van der Waals surface area contributed by atoms with Gasteiger partial charge in [-0.3, -0.25) is 4.79 Å². The summed E-state index contributed by atoms with van der Waals surface area (Å²) < 4.78 is 5.00. The molecule has 0 aliphatic carbocycles. The molecule has 1 aliphatic rings. The fourth-order valence-electron chi connectivity index (χ4n) is 2.32. The van der Waals surface area contributed by atoms with Gasteiger partial charge in [0.25, 0.3) is 0 Å². The molecule has 0 bridgehead atoms. The predicted molar refractivity (Wildman–Crippen MR) is 73.0 cm³/mol. The smallest absolute Gasteiger partial charge is 0.416 e. The van der Waals surface area contributed by atoms with Crippen molar-refractivity contribution in [3.63, 3.8) is 0 Å². The standard InChI is InChI=1S/C15H19NO4/c1-11(7-8-17)14(18)16-13(10-20-15(16)19)9-12-5-3-2-4-6-12/h2-6,11,13,17H,7-10H2,1H3. The zero-order chi connectivity index (χ0) is 14.5. The fraction of sp³-hybridized carbons (Fsp3) is 0.467. The van der Waals surface area contributed by atoms with Crippen LogP contribution in [0.4, 0.5) is 4.79 Å². The number of carbonyl (C=O) groups excluding carboxylic acids is 2. The zero-order valence-electron chi connectivity index (χ0n) is 11.5. The SMILES string of the molecule is CC(CCO)C(=O)N1C(=O)OCC1Cc1ccccc1. The molecular weight excluding hydrogens is 258 g/mol. The van der Waals surface area contributed by atoms with E-state index in [2.05, 4.69) is 0 Å². The van der Waals surface area contributed by atoms with Crippen LogP contribution in [0.25, 0.3) is 0 Å². The van der Waals surface area contributed by atoms with Gasteiger partial charge in [0.05, 0.1) is 6.04 Å². The first-order valence-corrected chi connectivity index (χ1v) is 6.78. The molecule has 1 heterocycles. The summed E-state index contributed by atoms with van der Waals surface area (Å²) in [6.07, 6.45) is 0.353. The van der Waals surface area contributed by atoms with Crippen LogP contribution in [-0.2, 0) is 16.0 Å². The summed E-state index contributed by atoms with van der Waals surface area (Å²) in [4.78, 5) is 25.2. The molecule has 0 saturated carbocycles. The minimum atomic E-state index is -0.583. The maximum Gasteiger partial charge on any atom is 0.416 e. The third-order valence-corrected chi connectivity index (χ3v) is 3.50. The molecule has 1 N–H and O–H groups in total. The van der Waals surface area contributed by atoms with Crippen molar-refractivity contribution in [3.8, 4) is 0 Å². The molecule has 0 aromatic heterocycles. The average molecular weight is 277 g/mol. The number of carbonyl (C=O) groups is 2. The van der Waals surface area contributed by atoms with Gasteiger partial charge in [-0.25, -0.2) is 9.69 Å². The molecule has 1 fully saturated rings. The Balaban J connectivity index is 2.08. The first-order valence-electron chi connectivity index (χ1n) is 6.78. The van der Waals surface area contributed by atoms with E-state index in [4.69, 9.17) is 9.84 Å². The Kier molecular flexibility index (Phi) is 4.74. The number of hydrogen-bond acceptors (Lipinski definition) is 4. The molecule has 1 saturated heterocycles. The minimum absolute atomic E-state index is 0.0703. The largest absolute Gasteiger partial charge is 0.447 e. The second kappa shape index (κ2) is 6.52. The highest BCUT2D eigenvalue weighted by Crippen LogP contribution is 2.20. The molecule has 0 radical (unpaired) electrons. The summed E-state index contributed by atoms with van der Waals surface area (Å²) in [5.74, 6) is -0.661. The fourth-order valence-corrected chi connectivity index (χ4v) is 2.32. The molecule has 0 spiro atoms. The van der Waals surface area contributed by atoms with Crippen LogP contribution in [0.2, 0.25) is 0 Å². The van der Waals surface area contributed by atoms with Gasteiger partial charge < -0.3 is 9.84 Å². The highest BCUT2D eigenvalue weighted by molar-refractivity contribution is 5.94. The van der Waals surface area contributed by atoms with Crippen LogP contribution in [0, 0.1) is 5.92 Å². The molecule has 2 unspecified atom stereocenters. The average Bonchev–Trinajstić information content (AvgIpc) is 2.80. The van der Waals surface area contributed by atoms with Crippen LogP contribution >= 0.6 is 0 Å². The molecule has 5 nitrogen and oxygen atoms in total. The van der Waals surface area contributed by atoms with Crippen molar-refractivity contribution in [1.82, 2.24) is 4.90 Å². The Hall–Kier alpha value is -1.88. The van der Waals surface area contributed by atoms with Crippen LogP contribution in [-0.4, -0.2) is 41.3 Å². The van der Waals surface area contributed by atoms with Crippen LogP contribution in [0.1, 0.15) is 18.9 Å². The van der Waals surface area contributed by atoms with Gasteiger partial charge in [-0.05, 0) is 18.4 Å². The van der Waals surface area contributed by atoms with E-state index in [9.17, 15) is 9.59 Å². The molecule has 2 amide bonds. The van der Waals surface area contributed by atoms with Gasteiger partial charge in [0.15, 0.2) is 0 Å². The Bertz CT molecular complexity index is 474. The van der Waals surface area contributed by atoms with Crippen molar-refractivity contribution in [2.45, 2.75) is 25.8 Å². The van der Waals surface area contributed by atoms with E-state index in [0.717, 1.165) is 5.56 Å². The number of aliphatic hydroxyl groups excluding tert-OH is 1. The van der Waals surface area contributed by atoms with Crippen molar-refractivity contribution in [2.24, 2.45) is 5.92 Å². The van der Waals surface area contributed by atoms with E-state index in [0.29, 0.717) is 12.8 Å². The van der Waals surface area contributed by atoms with Gasteiger partial charge in [-0.15, -0.1) is 0 Å². The molecule has 20 heavy (non-hydrogen) atoms. The highest BCUT2D eigenvalue weighted by Gasteiger charge is 2.39. The number of rotatable bonds is 5. The number of hydrogen-bond donors (Lipinski definition) is 1. The Morgan fingerprint density at radius 3 is 2.80 bits per heavy atom. The van der Waals surface area contributed by atoms with E-state index >= 15 is 0 Å². The van der Waals surface area contributed by atoms with E-state index < -0.39 is 6.09 Å². The Morgan fingerprint density at radius 2 is 2.15 bits per heavy atom. The van der Waals surface area contributed by atoms with E-state index in [-0.39, 0.29) is 31.1 Å². The number of benzene rings is 1. The Morgan fingerprint density at radius 1 is 1.45 bits per heavy atom. The van der Waals surface area contributed by atoms with E-state index in [1.54, 1.807) is 6.92 Å². The van der Waals surface area contributed by atoms with Gasteiger partial charge in [-0.1, -0.05) is 37.3 Å². The molecule has 2 atom stereocenters. The number of nitrogens with zero attached hydrogens (tertiary/aromatic N) is 1. The normalized spacial score (nSPS) is 19.8. The molecule has 5 heteroatoms. The van der Waals surface area contributed by atoms with Gasteiger partial charge in [0.2, 0.25) is 5.91 Å². The quantitative estimate of drug-likeness (QED) is 0.887. The third kappa shape index (κ3) is 3.17. The van der Waals surface area contributed by atoms with Crippen molar-refractivity contribution < 1.29 is 19.4 Å². The summed E-state index contributed by atoms with van der Waals surface area (Å²) in [6.45, 7) is 1.87. The van der Waals surface area contributed by atoms with E-state index in [1.807, 2.05) is 30.3 Å². The molecule has 2 rings (SSSR count). The molecule has 1 aromatic carbocycles. The van der Waals surface area contributed by atoms with Crippen molar-refractivity contribution in [3.05, 3.63) is 35.9 Å². The summed E-state index contributed by atoms with van der Waals surface area (Å²) in [6, 6.07) is 9.43. The van der Waals surface area contributed by atoms with Crippen LogP contribution < -0.4 is 0 Å². The predicted octanol–water partition coefficient (Wildman–Crippen LogP) is 1.60. The number of cyclic esters (lactones) is 1. The van der Waals surface area contributed by atoms with Crippen LogP contribution in [0.3, 0.4) is 0 Å². The monoisotopic (exact) mass is 277 g/mol. The summed E-state index contributed by atoms with van der Waals surface area (Å²) in [5.41, 5.74) is 1.06. The first-order chi connectivity index (χ1) is 9.63. The van der Waals surface area contributed by atoms with E-state index in [1.165, 1.54) is 4.90 Å². The molecule has 108 valence electrons. The first kappa shape index (κ1) is 14.5. The third-order valence-electron chi connectivity index (χ3n) is 3.50. The molecular formula is C15H19NO4. The second-order valence-corrected chi connectivity index (χ2v) is 5.04. The molecule has 1 aromatic rings. The van der Waals surface area contributed by atoms with Gasteiger partial charge in [-0.2, -0.15) is 0 Å². The van der Waals surface area contributed by atoms with Crippen LogP contribution in [0.15, 0.2) is 30.3 Å². The molecule has 1 aliphatic heterocycles. The maximum atomic E-state index is 12.3. The summed E-state index contributed by atoms with van der Waals surface area (Å²) in [5, 5.41) is 8.91. The van der Waals surface area contributed by atoms with Gasteiger partial charge in [0.1, 0.15) is 6.61 Å². The van der Waals surface area contributed by atoms with Gasteiger partial charge >= 0.3 is 6.09 Å². The topological polar surface area (TPSA) is 66.8 Å². The summed E-state index contributed by atoms with van der Waals surface area (Å²) >= 11 is 0. The van der Waals surface area contributed by atoms with Crippen molar-refractivity contribution in [2.75, 3.05) is 13.2 Å². The maximum absolute atomic E-state index is 12.3. The Labute approximate surface area is 118 Å². The van der Waals surface area contributed by atoms with Crippen molar-refractivity contribution in [1.29, 1.82) is 0 Å². The lowest BCUT2D eigenvalue weighted by atomic mass is 10.0. The zero-order valence-corrected chi connectivity index (χ0v) is 11.5. The number of aliphatic hydroxyl groups is 1. The number of imide groups is 1. The minimum Gasteiger partial charge on any atom is -0.447 e. The van der Waals surface area contributed by atoms with Crippen LogP contribution in [0.5, 0.6) is 0 Å². The number of ether oxygens (including phenoxy) is 1. The highest BCUT2D eigenvalue weighted by atomic mass is 16.6. The summed E-state index contributed by atoms with van der Waals surface area (Å²) in [7, 11) is 0. The lowest BCUT2D eigenvalue weighted by Gasteiger charge is -2.22. The van der Waals surface area contributed by atoms with Gasteiger partial charge in [0, 0.05) is 12.5 Å². The second-order valence-electron chi connectivity index (χ2n) is 5.04. The lowest BCUT2D eigenvalue weighted by Crippen LogP contribution is -2.43. The lowest BCUT2D eigenvalue weighted by molar-refractivity contribution is -0.133. The number of amides is 2. The van der Waals surface area contributed by atoms with Crippen molar-refractivity contribution >= 4 is 12.0 Å².